The number of hydrogen-bond acceptors (Lipinski definition) is 5. The van der Waals surface area contributed by atoms with Crippen LogP contribution < -0.4 is 4.74 Å². The molecule has 1 aromatic carbocycles. The Balaban J connectivity index is 3.09. The Bertz CT molecular complexity index is 536. The average Bonchev–Trinajstić information content (AvgIpc) is 2.27. The summed E-state index contributed by atoms with van der Waals surface area (Å²) in [6.45, 7) is -0.196. The van der Waals surface area contributed by atoms with Crippen molar-refractivity contribution in [2.75, 3.05) is 19.7 Å². The van der Waals surface area contributed by atoms with Gasteiger partial charge in [0.25, 0.3) is 0 Å². The molecular formula is C10H10FNO4S. The summed E-state index contributed by atoms with van der Waals surface area (Å²) >= 11 is 0. The summed E-state index contributed by atoms with van der Waals surface area (Å²) < 4.78 is 45.7. The van der Waals surface area contributed by atoms with E-state index in [1.54, 1.807) is 0 Å². The normalized spacial score (nSPS) is 10.9. The van der Waals surface area contributed by atoms with E-state index in [1.807, 2.05) is 0 Å². The van der Waals surface area contributed by atoms with Crippen LogP contribution in [0.15, 0.2) is 23.1 Å². The van der Waals surface area contributed by atoms with Gasteiger partial charge in [-0.05, 0) is 12.1 Å². The average molecular weight is 259 g/mol. The van der Waals surface area contributed by atoms with Crippen LogP contribution in [0.25, 0.3) is 0 Å². The lowest BCUT2D eigenvalue weighted by atomic mass is 10.3. The van der Waals surface area contributed by atoms with E-state index < -0.39 is 21.4 Å². The van der Waals surface area contributed by atoms with Gasteiger partial charge in [0.15, 0.2) is 28.2 Å². The van der Waals surface area contributed by atoms with Crippen molar-refractivity contribution in [1.29, 1.82) is 5.26 Å². The summed E-state index contributed by atoms with van der Waals surface area (Å²) in [6, 6.07) is 4.62. The smallest absolute Gasteiger partial charge is 0.191 e. The van der Waals surface area contributed by atoms with Crippen molar-refractivity contribution in [2.45, 2.75) is 4.90 Å². The largest absolute Gasteiger partial charge is 0.464 e. The zero-order valence-corrected chi connectivity index (χ0v) is 9.83. The molecule has 0 aliphatic rings. The lowest BCUT2D eigenvalue weighted by Crippen LogP contribution is -2.07. The second kappa shape index (κ2) is 5.61. The van der Waals surface area contributed by atoms with Gasteiger partial charge in [0, 0.05) is 13.2 Å². The van der Waals surface area contributed by atoms with Gasteiger partial charge in [-0.3, -0.25) is 0 Å². The lowest BCUT2D eigenvalue weighted by Gasteiger charge is -2.07. The minimum atomic E-state index is -3.72. The minimum absolute atomic E-state index is 0.161. The van der Waals surface area contributed by atoms with E-state index in [9.17, 15) is 12.8 Å². The molecule has 0 saturated carbocycles. The number of benzene rings is 1. The number of ether oxygens (including phenoxy) is 2. The fourth-order valence-electron chi connectivity index (χ4n) is 1.08. The molecule has 0 amide bonds. The number of methoxy groups -OCH3 is 1. The highest BCUT2D eigenvalue weighted by molar-refractivity contribution is 7.91. The summed E-state index contributed by atoms with van der Waals surface area (Å²) in [7, 11) is -2.37. The first-order valence-corrected chi connectivity index (χ1v) is 6.17. The minimum Gasteiger partial charge on any atom is -0.464 e. The Kier molecular flexibility index (Phi) is 4.43. The molecule has 0 heterocycles. The highest BCUT2D eigenvalue weighted by Gasteiger charge is 2.16. The van der Waals surface area contributed by atoms with Gasteiger partial charge in [0.1, 0.15) is 5.75 Å². The van der Waals surface area contributed by atoms with Crippen LogP contribution in [-0.2, 0) is 14.6 Å². The monoisotopic (exact) mass is 259 g/mol. The first kappa shape index (κ1) is 13.4. The van der Waals surface area contributed by atoms with Crippen LogP contribution in [0.2, 0.25) is 0 Å². The second-order valence-corrected chi connectivity index (χ2v) is 5.05. The van der Waals surface area contributed by atoms with Crippen molar-refractivity contribution in [1.82, 2.24) is 0 Å². The fourth-order valence-corrected chi connectivity index (χ4v) is 1.98. The molecule has 0 atom stereocenters. The third-order valence-corrected chi connectivity index (χ3v) is 3.33. The third-order valence-electron chi connectivity index (χ3n) is 1.85. The van der Waals surface area contributed by atoms with E-state index in [4.69, 9.17) is 10.00 Å². The molecule has 1 aromatic rings. The molecule has 0 N–H and O–H groups in total. The first-order valence-electron chi connectivity index (χ1n) is 4.52. The number of rotatable bonds is 5. The van der Waals surface area contributed by atoms with Crippen molar-refractivity contribution in [3.8, 4) is 11.8 Å². The molecule has 0 saturated heterocycles. The Labute approximate surface area is 98.3 Å². The molecular weight excluding hydrogens is 249 g/mol. The molecule has 0 aromatic heterocycles. The Morgan fingerprint density at radius 2 is 2.18 bits per heavy atom. The predicted molar refractivity (Wildman–Crippen MR) is 56.6 cm³/mol. The number of nitrogens with zero attached hydrogens (tertiary/aromatic N) is 1. The molecule has 7 heteroatoms. The quantitative estimate of drug-likeness (QED) is 0.584. The molecule has 0 fully saturated rings. The van der Waals surface area contributed by atoms with Crippen LogP contribution in [0.4, 0.5) is 4.39 Å². The number of hydrogen-bond donors (Lipinski definition) is 0. The van der Waals surface area contributed by atoms with Crippen LogP contribution in [0.5, 0.6) is 5.75 Å². The van der Waals surface area contributed by atoms with Gasteiger partial charge in [0.05, 0.1) is 11.0 Å². The zero-order valence-electron chi connectivity index (χ0n) is 9.01. The highest BCUT2D eigenvalue weighted by atomic mass is 32.2. The summed E-state index contributed by atoms with van der Waals surface area (Å²) in [4.78, 5) is -0.161. The van der Waals surface area contributed by atoms with Crippen molar-refractivity contribution in [3.05, 3.63) is 24.0 Å². The third kappa shape index (κ3) is 3.41. The van der Waals surface area contributed by atoms with Gasteiger partial charge in [-0.2, -0.15) is 5.26 Å². The maximum absolute atomic E-state index is 13.2. The maximum atomic E-state index is 13.2. The summed E-state index contributed by atoms with van der Waals surface area (Å²) in [5.74, 6) is -1.59. The van der Waals surface area contributed by atoms with Crippen molar-refractivity contribution >= 4 is 9.84 Å². The summed E-state index contributed by atoms with van der Waals surface area (Å²) in [5.41, 5.74) is 0. The van der Waals surface area contributed by atoms with Gasteiger partial charge >= 0.3 is 0 Å². The van der Waals surface area contributed by atoms with E-state index in [-0.39, 0.29) is 17.4 Å². The van der Waals surface area contributed by atoms with Crippen molar-refractivity contribution < 1.29 is 22.3 Å². The van der Waals surface area contributed by atoms with E-state index in [1.165, 1.54) is 13.2 Å². The Hall–Kier alpha value is -1.65. The van der Waals surface area contributed by atoms with E-state index >= 15 is 0 Å². The topological polar surface area (TPSA) is 76.4 Å². The molecule has 0 aliphatic heterocycles. The van der Waals surface area contributed by atoms with Gasteiger partial charge < -0.3 is 9.47 Å². The Morgan fingerprint density at radius 1 is 1.47 bits per heavy atom. The van der Waals surface area contributed by atoms with Crippen LogP contribution in [-0.4, -0.2) is 28.1 Å². The first-order chi connectivity index (χ1) is 8.01. The molecule has 0 spiro atoms. The SMILES string of the molecule is COCOc1cc(S(=O)(=O)CC#N)ccc1F. The molecule has 5 nitrogen and oxygen atoms in total. The standard InChI is InChI=1S/C10H10FNO4S/c1-15-7-16-10-6-8(2-3-9(10)11)17(13,14)5-4-12/h2-3,6H,5,7H2,1H3. The van der Waals surface area contributed by atoms with Gasteiger partial charge in [-0.25, -0.2) is 12.8 Å². The number of nitriles is 1. The molecule has 1 rings (SSSR count). The molecule has 92 valence electrons. The van der Waals surface area contributed by atoms with Crippen LogP contribution >= 0.6 is 0 Å². The van der Waals surface area contributed by atoms with E-state index in [0.717, 1.165) is 18.2 Å². The zero-order chi connectivity index (χ0) is 12.9. The lowest BCUT2D eigenvalue weighted by molar-refractivity contribution is 0.0481. The molecule has 0 bridgehead atoms. The molecule has 17 heavy (non-hydrogen) atoms. The number of sulfone groups is 1. The van der Waals surface area contributed by atoms with E-state index in [2.05, 4.69) is 4.74 Å². The van der Waals surface area contributed by atoms with Crippen molar-refractivity contribution in [3.63, 3.8) is 0 Å². The van der Waals surface area contributed by atoms with Crippen LogP contribution in [0, 0.1) is 17.1 Å². The molecule has 0 aliphatic carbocycles. The molecule has 0 radical (unpaired) electrons. The van der Waals surface area contributed by atoms with E-state index in [0.29, 0.717) is 0 Å². The van der Waals surface area contributed by atoms with Crippen LogP contribution in [0.3, 0.4) is 0 Å². The Morgan fingerprint density at radius 3 is 2.76 bits per heavy atom. The predicted octanol–water partition coefficient (Wildman–Crippen LogP) is 1.11. The number of halogens is 1. The summed E-state index contributed by atoms with van der Waals surface area (Å²) in [5, 5.41) is 8.37. The van der Waals surface area contributed by atoms with Gasteiger partial charge in [-0.15, -0.1) is 0 Å². The van der Waals surface area contributed by atoms with Gasteiger partial charge in [-0.1, -0.05) is 0 Å². The summed E-state index contributed by atoms with van der Waals surface area (Å²) in [6.07, 6.45) is 0. The van der Waals surface area contributed by atoms with Crippen LogP contribution in [0.1, 0.15) is 0 Å². The highest BCUT2D eigenvalue weighted by Crippen LogP contribution is 2.22. The van der Waals surface area contributed by atoms with Crippen molar-refractivity contribution in [2.24, 2.45) is 0 Å². The maximum Gasteiger partial charge on any atom is 0.191 e. The molecule has 0 unspecified atom stereocenters. The second-order valence-electron chi connectivity index (χ2n) is 3.06. The van der Waals surface area contributed by atoms with Gasteiger partial charge in [0.2, 0.25) is 0 Å². The fraction of sp³-hybridized carbons (Fsp3) is 0.300.